The zero-order valence-corrected chi connectivity index (χ0v) is 12.0. The van der Waals surface area contributed by atoms with Gasteiger partial charge in [0.05, 0.1) is 13.2 Å². The highest BCUT2D eigenvalue weighted by atomic mass is 16.5. The van der Waals surface area contributed by atoms with Crippen molar-refractivity contribution in [2.24, 2.45) is 0 Å². The number of nitrogens with two attached hydrogens (primary N) is 1. The minimum absolute atomic E-state index is 0.0594. The number of aliphatic hydroxyl groups excluding tert-OH is 1. The van der Waals surface area contributed by atoms with E-state index in [4.69, 9.17) is 10.5 Å². The molecule has 0 unspecified atom stereocenters. The molecule has 0 radical (unpaired) electrons. The molecule has 0 saturated carbocycles. The number of ether oxygens (including phenoxy) is 1. The third-order valence-corrected chi connectivity index (χ3v) is 3.10. The van der Waals surface area contributed by atoms with Crippen molar-refractivity contribution in [3.63, 3.8) is 0 Å². The molecule has 6 heteroatoms. The van der Waals surface area contributed by atoms with Crippen molar-refractivity contribution in [3.05, 3.63) is 6.33 Å². The molecular formula is C13H24N4O2. The van der Waals surface area contributed by atoms with Gasteiger partial charge in [-0.2, -0.15) is 4.98 Å². The van der Waals surface area contributed by atoms with E-state index in [9.17, 15) is 5.11 Å². The lowest BCUT2D eigenvalue weighted by Gasteiger charge is -2.31. The van der Waals surface area contributed by atoms with Crippen molar-refractivity contribution in [1.82, 2.24) is 9.97 Å². The van der Waals surface area contributed by atoms with Crippen molar-refractivity contribution in [2.75, 3.05) is 30.4 Å². The van der Waals surface area contributed by atoms with Gasteiger partial charge < -0.3 is 20.5 Å². The number of hydrogen-bond acceptors (Lipinski definition) is 6. The number of aliphatic hydroxyl groups is 1. The monoisotopic (exact) mass is 268 g/mol. The second kappa shape index (κ2) is 7.78. The predicted octanol–water partition coefficient (Wildman–Crippen LogP) is 1.44. The van der Waals surface area contributed by atoms with E-state index < -0.39 is 0 Å². The van der Waals surface area contributed by atoms with Crippen LogP contribution < -0.4 is 15.4 Å². The summed E-state index contributed by atoms with van der Waals surface area (Å²) in [7, 11) is 0. The number of anilines is 2. The minimum Gasteiger partial charge on any atom is -0.476 e. The molecule has 0 amide bonds. The van der Waals surface area contributed by atoms with Crippen LogP contribution in [0.15, 0.2) is 6.33 Å². The molecule has 0 fully saturated rings. The maximum absolute atomic E-state index is 9.24. The first-order valence-corrected chi connectivity index (χ1v) is 6.80. The van der Waals surface area contributed by atoms with Gasteiger partial charge in [-0.25, -0.2) is 4.98 Å². The van der Waals surface area contributed by atoms with Crippen molar-refractivity contribution in [1.29, 1.82) is 0 Å². The number of rotatable bonds is 8. The van der Waals surface area contributed by atoms with Crippen LogP contribution in [0, 0.1) is 0 Å². The van der Waals surface area contributed by atoms with Crippen LogP contribution in [0.2, 0.25) is 0 Å². The Bertz CT molecular complexity index is 383. The van der Waals surface area contributed by atoms with Gasteiger partial charge in [-0.3, -0.25) is 0 Å². The molecule has 0 aliphatic carbocycles. The van der Waals surface area contributed by atoms with Crippen LogP contribution in [-0.4, -0.2) is 40.9 Å². The van der Waals surface area contributed by atoms with E-state index in [1.54, 1.807) is 0 Å². The highest BCUT2D eigenvalue weighted by Gasteiger charge is 2.21. The fourth-order valence-corrected chi connectivity index (χ4v) is 2.15. The van der Waals surface area contributed by atoms with E-state index in [1.165, 1.54) is 6.33 Å². The molecule has 0 aromatic carbocycles. The molecule has 0 saturated heterocycles. The van der Waals surface area contributed by atoms with Crippen molar-refractivity contribution in [3.8, 4) is 5.88 Å². The molecule has 0 aliphatic rings. The van der Waals surface area contributed by atoms with E-state index >= 15 is 0 Å². The van der Waals surface area contributed by atoms with Gasteiger partial charge in [0.15, 0.2) is 5.82 Å². The summed E-state index contributed by atoms with van der Waals surface area (Å²) in [6.07, 6.45) is 3.37. The average molecular weight is 268 g/mol. The molecule has 3 N–H and O–H groups in total. The predicted molar refractivity (Wildman–Crippen MR) is 76.4 cm³/mol. The number of aromatic nitrogens is 2. The smallest absolute Gasteiger partial charge is 0.242 e. The molecule has 1 heterocycles. The Morgan fingerprint density at radius 1 is 1.32 bits per heavy atom. The quantitative estimate of drug-likeness (QED) is 0.742. The van der Waals surface area contributed by atoms with Gasteiger partial charge in [0, 0.05) is 12.6 Å². The van der Waals surface area contributed by atoms with Gasteiger partial charge in [0.1, 0.15) is 12.0 Å². The fraction of sp³-hybridized carbons (Fsp3) is 0.692. The van der Waals surface area contributed by atoms with Crippen LogP contribution >= 0.6 is 0 Å². The summed E-state index contributed by atoms with van der Waals surface area (Å²) < 4.78 is 5.39. The van der Waals surface area contributed by atoms with Gasteiger partial charge in [-0.15, -0.1) is 0 Å². The number of hydrogen-bond donors (Lipinski definition) is 2. The SMILES string of the molecule is CCOc1ncnc(N(CCO)C(CC)CC)c1N. The molecule has 1 aromatic heterocycles. The third kappa shape index (κ3) is 3.70. The highest BCUT2D eigenvalue weighted by Crippen LogP contribution is 2.30. The summed E-state index contributed by atoms with van der Waals surface area (Å²) in [6.45, 7) is 7.17. The van der Waals surface area contributed by atoms with Crippen LogP contribution in [0.3, 0.4) is 0 Å². The molecule has 0 spiro atoms. The largest absolute Gasteiger partial charge is 0.476 e. The Kier molecular flexibility index (Phi) is 6.35. The van der Waals surface area contributed by atoms with Crippen molar-refractivity contribution >= 4 is 11.5 Å². The Morgan fingerprint density at radius 2 is 2.00 bits per heavy atom. The summed E-state index contributed by atoms with van der Waals surface area (Å²) in [5.41, 5.74) is 6.51. The molecule has 0 atom stereocenters. The van der Waals surface area contributed by atoms with Gasteiger partial charge >= 0.3 is 0 Å². The summed E-state index contributed by atoms with van der Waals surface area (Å²) in [5.74, 6) is 1.04. The molecule has 0 bridgehead atoms. The second-order valence-electron chi connectivity index (χ2n) is 4.24. The normalized spacial score (nSPS) is 10.8. The summed E-state index contributed by atoms with van der Waals surface area (Å²) in [4.78, 5) is 10.3. The maximum Gasteiger partial charge on any atom is 0.242 e. The molecule has 19 heavy (non-hydrogen) atoms. The van der Waals surface area contributed by atoms with E-state index in [0.29, 0.717) is 36.6 Å². The highest BCUT2D eigenvalue weighted by molar-refractivity contribution is 5.68. The molecule has 108 valence electrons. The summed E-state index contributed by atoms with van der Waals surface area (Å²) in [5, 5.41) is 9.24. The lowest BCUT2D eigenvalue weighted by molar-refractivity contribution is 0.295. The lowest BCUT2D eigenvalue weighted by atomic mass is 10.1. The number of nitrogen functional groups attached to an aromatic ring is 1. The van der Waals surface area contributed by atoms with Gasteiger partial charge in [-0.1, -0.05) is 13.8 Å². The maximum atomic E-state index is 9.24. The summed E-state index contributed by atoms with van der Waals surface area (Å²) >= 11 is 0. The van der Waals surface area contributed by atoms with Crippen LogP contribution in [0.1, 0.15) is 33.6 Å². The molecular weight excluding hydrogens is 244 g/mol. The summed E-state index contributed by atoms with van der Waals surface area (Å²) in [6, 6.07) is 0.291. The van der Waals surface area contributed by atoms with E-state index in [1.807, 2.05) is 11.8 Å². The Morgan fingerprint density at radius 3 is 2.53 bits per heavy atom. The van der Waals surface area contributed by atoms with Crippen LogP contribution in [-0.2, 0) is 0 Å². The lowest BCUT2D eigenvalue weighted by Crippen LogP contribution is -2.38. The van der Waals surface area contributed by atoms with Gasteiger partial charge in [0.25, 0.3) is 0 Å². The van der Waals surface area contributed by atoms with E-state index in [-0.39, 0.29) is 6.61 Å². The van der Waals surface area contributed by atoms with Crippen molar-refractivity contribution < 1.29 is 9.84 Å². The second-order valence-corrected chi connectivity index (χ2v) is 4.24. The third-order valence-electron chi connectivity index (χ3n) is 3.10. The van der Waals surface area contributed by atoms with Crippen molar-refractivity contribution in [2.45, 2.75) is 39.7 Å². The fourth-order valence-electron chi connectivity index (χ4n) is 2.15. The van der Waals surface area contributed by atoms with Crippen LogP contribution in [0.25, 0.3) is 0 Å². The first-order chi connectivity index (χ1) is 9.19. The van der Waals surface area contributed by atoms with E-state index in [0.717, 1.165) is 12.8 Å². The molecule has 6 nitrogen and oxygen atoms in total. The molecule has 0 aliphatic heterocycles. The first kappa shape index (κ1) is 15.5. The van der Waals surface area contributed by atoms with Gasteiger partial charge in [-0.05, 0) is 19.8 Å². The van der Waals surface area contributed by atoms with Gasteiger partial charge in [0.2, 0.25) is 5.88 Å². The first-order valence-electron chi connectivity index (χ1n) is 6.80. The average Bonchev–Trinajstić information content (AvgIpc) is 2.42. The molecule has 1 rings (SSSR count). The van der Waals surface area contributed by atoms with E-state index in [2.05, 4.69) is 23.8 Å². The Balaban J connectivity index is 3.11. The van der Waals surface area contributed by atoms with Crippen LogP contribution in [0.4, 0.5) is 11.5 Å². The Labute approximate surface area is 114 Å². The van der Waals surface area contributed by atoms with Crippen LogP contribution in [0.5, 0.6) is 5.88 Å². The standard InChI is InChI=1S/C13H24N4O2/c1-4-10(5-2)17(7-8-18)12-11(14)13(19-6-3)16-9-15-12/h9-10,18H,4-8,14H2,1-3H3. The molecule has 1 aromatic rings. The minimum atomic E-state index is 0.0594. The number of nitrogens with zero attached hydrogens (tertiary/aromatic N) is 3. The Hall–Kier alpha value is -1.56. The zero-order valence-electron chi connectivity index (χ0n) is 12.0. The zero-order chi connectivity index (χ0) is 14.3. The topological polar surface area (TPSA) is 84.5 Å².